The molecule has 0 aliphatic carbocycles. The molecule has 0 amide bonds. The number of aryl methyl sites for hydroxylation is 2. The van der Waals surface area contributed by atoms with E-state index in [0.29, 0.717) is 5.82 Å². The van der Waals surface area contributed by atoms with Crippen molar-refractivity contribution in [1.82, 2.24) is 15.0 Å². The summed E-state index contributed by atoms with van der Waals surface area (Å²) in [5, 5.41) is 3.34. The van der Waals surface area contributed by atoms with E-state index in [4.69, 9.17) is 15.0 Å². The predicted molar refractivity (Wildman–Crippen MR) is 225 cm³/mol. The fraction of sp³-hybridized carbons (Fsp3) is 0.0392. The lowest BCUT2D eigenvalue weighted by atomic mass is 9.85. The van der Waals surface area contributed by atoms with Crippen molar-refractivity contribution in [2.24, 2.45) is 0 Å². The molecule has 256 valence electrons. The Morgan fingerprint density at radius 1 is 0.407 bits per heavy atom. The number of hydrogen-bond acceptors (Lipinski definition) is 3. The zero-order valence-electron chi connectivity index (χ0n) is 30.2. The summed E-state index contributed by atoms with van der Waals surface area (Å²) in [4.78, 5) is 15.5. The molecule has 2 aromatic heterocycles. The molecule has 3 heteroatoms. The van der Waals surface area contributed by atoms with Crippen LogP contribution >= 0.6 is 0 Å². The molecule has 9 aromatic rings. The fourth-order valence-electron chi connectivity index (χ4n) is 7.61. The summed E-state index contributed by atoms with van der Waals surface area (Å²) in [7, 11) is 0. The van der Waals surface area contributed by atoms with Crippen molar-refractivity contribution < 1.29 is 0 Å². The van der Waals surface area contributed by atoms with Gasteiger partial charge in [0.1, 0.15) is 0 Å². The summed E-state index contributed by atoms with van der Waals surface area (Å²) in [5.41, 5.74) is 14.9. The van der Waals surface area contributed by atoms with E-state index in [-0.39, 0.29) is 0 Å². The summed E-state index contributed by atoms with van der Waals surface area (Å²) in [6.45, 7) is 4.11. The summed E-state index contributed by atoms with van der Waals surface area (Å²) >= 11 is 0. The lowest BCUT2D eigenvalue weighted by molar-refractivity contribution is 1.13. The number of benzene rings is 7. The molecule has 2 heterocycles. The number of hydrogen-bond donors (Lipinski definition) is 0. The molecule has 9 rings (SSSR count). The molecule has 0 fully saturated rings. The zero-order valence-corrected chi connectivity index (χ0v) is 30.2. The summed E-state index contributed by atoms with van der Waals surface area (Å²) < 4.78 is 0. The molecule has 0 N–H and O–H groups in total. The second-order valence-electron chi connectivity index (χ2n) is 13.7. The molecule has 54 heavy (non-hydrogen) atoms. The van der Waals surface area contributed by atoms with E-state index in [1.807, 2.05) is 6.92 Å². The van der Waals surface area contributed by atoms with Gasteiger partial charge in [-0.1, -0.05) is 164 Å². The van der Waals surface area contributed by atoms with Gasteiger partial charge in [-0.3, -0.25) is 4.98 Å². The Kier molecular flexibility index (Phi) is 8.66. The highest BCUT2D eigenvalue weighted by Gasteiger charge is 2.19. The molecular weight excluding hydrogens is 655 g/mol. The highest BCUT2D eigenvalue weighted by atomic mass is 14.9. The van der Waals surface area contributed by atoms with Crippen molar-refractivity contribution >= 4 is 32.8 Å². The third kappa shape index (κ3) is 6.27. The summed E-state index contributed by atoms with van der Waals surface area (Å²) in [6, 6.07) is 66.5. The molecule has 0 saturated heterocycles. The summed E-state index contributed by atoms with van der Waals surface area (Å²) in [5.74, 6) is 0.682. The van der Waals surface area contributed by atoms with Crippen LogP contribution in [0.1, 0.15) is 33.6 Å². The largest absolute Gasteiger partial charge is 0.258 e. The van der Waals surface area contributed by atoms with Crippen LogP contribution in [0.25, 0.3) is 66.6 Å². The van der Waals surface area contributed by atoms with Gasteiger partial charge in [-0.2, -0.15) is 0 Å². The zero-order chi connectivity index (χ0) is 36.4. The van der Waals surface area contributed by atoms with Crippen molar-refractivity contribution in [3.05, 3.63) is 222 Å². The smallest absolute Gasteiger partial charge is 0.160 e. The van der Waals surface area contributed by atoms with Crippen molar-refractivity contribution in [1.29, 1.82) is 0 Å². The quantitative estimate of drug-likeness (QED) is 0.123. The van der Waals surface area contributed by atoms with Gasteiger partial charge in [-0.25, -0.2) is 9.97 Å². The van der Waals surface area contributed by atoms with E-state index in [1.54, 1.807) is 0 Å². The fourth-order valence-corrected chi connectivity index (χ4v) is 7.61. The minimum Gasteiger partial charge on any atom is -0.258 e. The predicted octanol–water partition coefficient (Wildman–Crippen LogP) is 12.8. The van der Waals surface area contributed by atoms with E-state index in [1.165, 1.54) is 5.57 Å². The second kappa shape index (κ2) is 14.2. The molecule has 0 aliphatic rings. The third-order valence-electron chi connectivity index (χ3n) is 10.1. The summed E-state index contributed by atoms with van der Waals surface area (Å²) in [6.07, 6.45) is 0. The average molecular weight is 692 g/mol. The van der Waals surface area contributed by atoms with Crippen molar-refractivity contribution in [3.63, 3.8) is 0 Å². The molecule has 0 unspecified atom stereocenters. The average Bonchev–Trinajstić information content (AvgIpc) is 3.23. The number of fused-ring (bicyclic) bond motifs is 3. The minimum atomic E-state index is 0.682. The van der Waals surface area contributed by atoms with Crippen molar-refractivity contribution in [2.45, 2.75) is 13.8 Å². The van der Waals surface area contributed by atoms with E-state index in [2.05, 4.69) is 195 Å². The molecule has 0 spiro atoms. The molecule has 0 bridgehead atoms. The SMILES string of the molecule is Cc1ccc(-c2cccc(-c3nc(-c4cccc(C(=C(c5ccccc5)c5ccccc5)c5ccccc5)c4)nc4ccc5ccccc5c34)c2)c(C)n1. The maximum atomic E-state index is 5.45. The van der Waals surface area contributed by atoms with Crippen molar-refractivity contribution in [3.8, 4) is 33.8 Å². The van der Waals surface area contributed by atoms with E-state index < -0.39 is 0 Å². The van der Waals surface area contributed by atoms with E-state index in [0.717, 1.165) is 88.8 Å². The van der Waals surface area contributed by atoms with Crippen LogP contribution in [0.15, 0.2) is 188 Å². The third-order valence-corrected chi connectivity index (χ3v) is 10.1. The van der Waals surface area contributed by atoms with Crippen LogP contribution < -0.4 is 0 Å². The number of nitrogens with zero attached hydrogens (tertiary/aromatic N) is 3. The van der Waals surface area contributed by atoms with E-state index in [9.17, 15) is 0 Å². The first kappa shape index (κ1) is 32.9. The van der Waals surface area contributed by atoms with Crippen molar-refractivity contribution in [2.75, 3.05) is 0 Å². The number of aromatic nitrogens is 3. The Balaban J connectivity index is 1.28. The van der Waals surface area contributed by atoms with Gasteiger partial charge in [0.15, 0.2) is 5.82 Å². The van der Waals surface area contributed by atoms with Gasteiger partial charge in [-0.05, 0) is 87.8 Å². The monoisotopic (exact) mass is 691 g/mol. The van der Waals surface area contributed by atoms with Gasteiger partial charge >= 0.3 is 0 Å². The van der Waals surface area contributed by atoms with Crippen LogP contribution in [0.5, 0.6) is 0 Å². The first-order chi connectivity index (χ1) is 26.6. The molecule has 7 aromatic carbocycles. The van der Waals surface area contributed by atoms with Crippen LogP contribution in [0, 0.1) is 13.8 Å². The molecule has 0 saturated carbocycles. The normalized spacial score (nSPS) is 11.1. The number of rotatable bonds is 7. The van der Waals surface area contributed by atoms with Crippen LogP contribution in [0.3, 0.4) is 0 Å². The van der Waals surface area contributed by atoms with Crippen LogP contribution in [0.4, 0.5) is 0 Å². The van der Waals surface area contributed by atoms with Crippen LogP contribution in [-0.2, 0) is 0 Å². The van der Waals surface area contributed by atoms with Gasteiger partial charge in [0.05, 0.1) is 11.2 Å². The van der Waals surface area contributed by atoms with Gasteiger partial charge in [0.25, 0.3) is 0 Å². The highest BCUT2D eigenvalue weighted by molar-refractivity contribution is 6.13. The van der Waals surface area contributed by atoms with Gasteiger partial charge in [0, 0.05) is 33.5 Å². The Bertz CT molecular complexity index is 2780. The van der Waals surface area contributed by atoms with Crippen LogP contribution in [-0.4, -0.2) is 15.0 Å². The molecule has 3 nitrogen and oxygen atoms in total. The Morgan fingerprint density at radius 2 is 0.981 bits per heavy atom. The highest BCUT2D eigenvalue weighted by Crippen LogP contribution is 2.40. The lowest BCUT2D eigenvalue weighted by Crippen LogP contribution is -1.99. The van der Waals surface area contributed by atoms with Gasteiger partial charge in [-0.15, -0.1) is 0 Å². The molecular formula is C51H37N3. The molecule has 0 radical (unpaired) electrons. The Morgan fingerprint density at radius 3 is 1.67 bits per heavy atom. The minimum absolute atomic E-state index is 0.682. The van der Waals surface area contributed by atoms with Crippen LogP contribution in [0.2, 0.25) is 0 Å². The maximum Gasteiger partial charge on any atom is 0.160 e. The first-order valence-corrected chi connectivity index (χ1v) is 18.4. The van der Waals surface area contributed by atoms with Gasteiger partial charge in [0.2, 0.25) is 0 Å². The lowest BCUT2D eigenvalue weighted by Gasteiger charge is -2.19. The van der Waals surface area contributed by atoms with E-state index >= 15 is 0 Å². The number of pyridine rings is 1. The Labute approximate surface area is 316 Å². The second-order valence-corrected chi connectivity index (χ2v) is 13.7. The first-order valence-electron chi connectivity index (χ1n) is 18.4. The molecule has 0 atom stereocenters. The molecule has 0 aliphatic heterocycles. The Hall–Kier alpha value is -6.97. The van der Waals surface area contributed by atoms with Gasteiger partial charge < -0.3 is 0 Å². The topological polar surface area (TPSA) is 38.7 Å². The maximum absolute atomic E-state index is 5.45. The standard InChI is InChI=1S/C51H37N3/c1-34-28-30-44(35(2)52-34)40-23-14-25-42(32-40)50-49-45-27-13-12-16-36(45)29-31-46(49)53-51(54-50)43-26-15-24-41(33-43)48(39-21-10-5-11-22-39)47(37-17-6-3-7-18-37)38-19-8-4-9-20-38/h3-33H,1-2H3.